The molecule has 1 saturated carbocycles. The first kappa shape index (κ1) is 15.2. The Balaban J connectivity index is 2.13. The topological polar surface area (TPSA) is 25.2 Å². The van der Waals surface area contributed by atoms with Crippen LogP contribution in [-0.4, -0.2) is 10.7 Å². The molecular weight excluding hydrogens is 244 g/mol. The van der Waals surface area contributed by atoms with Gasteiger partial charge in [-0.05, 0) is 43.7 Å². The van der Waals surface area contributed by atoms with Crippen molar-refractivity contribution in [3.63, 3.8) is 0 Å². The molecule has 0 saturated heterocycles. The smallest absolute Gasteiger partial charge is 0.154 e. The first-order chi connectivity index (χ1) is 9.77. The Bertz CT molecular complexity index is 437. The van der Waals surface area contributed by atoms with Crippen molar-refractivity contribution < 1.29 is 0 Å². The molecule has 0 N–H and O–H groups in total. The fourth-order valence-corrected chi connectivity index (χ4v) is 2.95. The van der Waals surface area contributed by atoms with E-state index in [1.54, 1.807) is 0 Å². The molecule has 2 heteroatoms. The summed E-state index contributed by atoms with van der Waals surface area (Å²) in [4.78, 5) is 9.34. The lowest BCUT2D eigenvalue weighted by atomic mass is 9.95. The molecule has 1 aliphatic rings. The second-order valence-corrected chi connectivity index (χ2v) is 6.16. The maximum atomic E-state index is 4.91. The van der Waals surface area contributed by atoms with E-state index in [9.17, 15) is 0 Å². The van der Waals surface area contributed by atoms with Crippen LogP contribution in [0.25, 0.3) is 0 Å². The van der Waals surface area contributed by atoms with E-state index in [1.807, 2.05) is 12.3 Å². The highest BCUT2D eigenvalue weighted by Crippen LogP contribution is 2.23. The Morgan fingerprint density at radius 3 is 2.50 bits per heavy atom. The van der Waals surface area contributed by atoms with Gasteiger partial charge in [0.25, 0.3) is 0 Å². The molecule has 0 spiro atoms. The standard InChI is InChI=1S/C18H28N2/c1-15-11-8-6-4-3-5-7-9-13-17(15)20-18-16(2)12-10-14-19-18/h10,12,14-15H,3-9,11,13H2,1-2H3/b20-17-. The van der Waals surface area contributed by atoms with Crippen LogP contribution in [0.4, 0.5) is 5.82 Å². The number of aryl methyl sites for hydroxylation is 1. The lowest BCUT2D eigenvalue weighted by Gasteiger charge is -2.14. The summed E-state index contributed by atoms with van der Waals surface area (Å²) in [6.45, 7) is 4.44. The van der Waals surface area contributed by atoms with Crippen LogP contribution in [0.15, 0.2) is 23.3 Å². The molecule has 0 radical (unpaired) electrons. The van der Waals surface area contributed by atoms with Gasteiger partial charge in [-0.1, -0.05) is 51.5 Å². The van der Waals surface area contributed by atoms with Gasteiger partial charge in [-0.25, -0.2) is 9.98 Å². The number of aromatic nitrogens is 1. The Hall–Kier alpha value is -1.18. The van der Waals surface area contributed by atoms with E-state index in [0.29, 0.717) is 5.92 Å². The zero-order valence-electron chi connectivity index (χ0n) is 13.1. The summed E-state index contributed by atoms with van der Waals surface area (Å²) >= 11 is 0. The monoisotopic (exact) mass is 272 g/mol. The lowest BCUT2D eigenvalue weighted by molar-refractivity contribution is 0.559. The number of hydrogen-bond acceptors (Lipinski definition) is 2. The highest BCUT2D eigenvalue weighted by atomic mass is 14.9. The predicted octanol–water partition coefficient (Wildman–Crippen LogP) is 5.62. The minimum Gasteiger partial charge on any atom is -0.238 e. The maximum Gasteiger partial charge on any atom is 0.154 e. The van der Waals surface area contributed by atoms with Crippen LogP contribution in [0.1, 0.15) is 70.3 Å². The molecule has 110 valence electrons. The summed E-state index contributed by atoms with van der Waals surface area (Å²) in [7, 11) is 0. The average molecular weight is 272 g/mol. The van der Waals surface area contributed by atoms with Gasteiger partial charge >= 0.3 is 0 Å². The summed E-state index contributed by atoms with van der Waals surface area (Å²) in [6.07, 6.45) is 13.9. The summed E-state index contributed by atoms with van der Waals surface area (Å²) in [5.74, 6) is 1.53. The second-order valence-electron chi connectivity index (χ2n) is 6.16. The minimum atomic E-state index is 0.606. The fraction of sp³-hybridized carbons (Fsp3) is 0.667. The summed E-state index contributed by atoms with van der Waals surface area (Å²) < 4.78 is 0. The Labute approximate surface area is 123 Å². The first-order valence-corrected chi connectivity index (χ1v) is 8.26. The van der Waals surface area contributed by atoms with E-state index in [-0.39, 0.29) is 0 Å². The quantitative estimate of drug-likeness (QED) is 0.651. The molecule has 1 atom stereocenters. The van der Waals surface area contributed by atoms with Crippen LogP contribution >= 0.6 is 0 Å². The number of nitrogens with zero attached hydrogens (tertiary/aromatic N) is 2. The second kappa shape index (κ2) is 8.18. The zero-order valence-corrected chi connectivity index (χ0v) is 13.1. The fourth-order valence-electron chi connectivity index (χ4n) is 2.95. The number of pyridine rings is 1. The van der Waals surface area contributed by atoms with E-state index in [0.717, 1.165) is 12.2 Å². The van der Waals surface area contributed by atoms with Crippen molar-refractivity contribution in [1.82, 2.24) is 4.98 Å². The first-order valence-electron chi connectivity index (χ1n) is 8.26. The van der Waals surface area contributed by atoms with E-state index >= 15 is 0 Å². The number of aliphatic imine (C=N–C) groups is 1. The molecular formula is C18H28N2. The highest BCUT2D eigenvalue weighted by molar-refractivity contribution is 5.88. The normalized spacial score (nSPS) is 24.3. The SMILES string of the molecule is Cc1cccnc1/N=C1/CCCCCCCCCC1C. The third-order valence-electron chi connectivity index (χ3n) is 4.37. The maximum absolute atomic E-state index is 4.91. The molecule has 1 aliphatic carbocycles. The van der Waals surface area contributed by atoms with Gasteiger partial charge in [0.2, 0.25) is 0 Å². The van der Waals surface area contributed by atoms with Crippen LogP contribution in [0.2, 0.25) is 0 Å². The van der Waals surface area contributed by atoms with Crippen molar-refractivity contribution in [2.24, 2.45) is 10.9 Å². The van der Waals surface area contributed by atoms with Gasteiger partial charge in [0.05, 0.1) is 0 Å². The number of hydrogen-bond donors (Lipinski definition) is 0. The molecule has 1 aromatic heterocycles. The van der Waals surface area contributed by atoms with Crippen LogP contribution in [-0.2, 0) is 0 Å². The van der Waals surface area contributed by atoms with Crippen molar-refractivity contribution in [1.29, 1.82) is 0 Å². The molecule has 2 rings (SSSR count). The van der Waals surface area contributed by atoms with Crippen molar-refractivity contribution >= 4 is 11.5 Å². The molecule has 0 bridgehead atoms. The van der Waals surface area contributed by atoms with Crippen LogP contribution in [0, 0.1) is 12.8 Å². The highest BCUT2D eigenvalue weighted by Gasteiger charge is 2.12. The lowest BCUT2D eigenvalue weighted by Crippen LogP contribution is -2.11. The Morgan fingerprint density at radius 2 is 1.75 bits per heavy atom. The largest absolute Gasteiger partial charge is 0.238 e. The van der Waals surface area contributed by atoms with Crippen LogP contribution < -0.4 is 0 Å². The summed E-state index contributed by atoms with van der Waals surface area (Å²) in [5, 5.41) is 0. The van der Waals surface area contributed by atoms with Crippen LogP contribution in [0.5, 0.6) is 0 Å². The zero-order chi connectivity index (χ0) is 14.2. The van der Waals surface area contributed by atoms with E-state index in [1.165, 1.54) is 62.6 Å². The van der Waals surface area contributed by atoms with Gasteiger partial charge in [0, 0.05) is 11.9 Å². The third kappa shape index (κ3) is 4.73. The van der Waals surface area contributed by atoms with Crippen molar-refractivity contribution in [2.45, 2.75) is 71.6 Å². The van der Waals surface area contributed by atoms with Gasteiger partial charge in [-0.2, -0.15) is 0 Å². The third-order valence-corrected chi connectivity index (χ3v) is 4.37. The van der Waals surface area contributed by atoms with Crippen molar-refractivity contribution in [2.75, 3.05) is 0 Å². The van der Waals surface area contributed by atoms with Gasteiger partial charge < -0.3 is 0 Å². The predicted molar refractivity (Wildman–Crippen MR) is 86.8 cm³/mol. The molecule has 0 aromatic carbocycles. The Morgan fingerprint density at radius 1 is 1.05 bits per heavy atom. The molecule has 1 fully saturated rings. The molecule has 1 heterocycles. The van der Waals surface area contributed by atoms with Gasteiger partial charge in [0.15, 0.2) is 5.82 Å². The molecule has 1 unspecified atom stereocenters. The number of rotatable bonds is 1. The minimum absolute atomic E-state index is 0.606. The summed E-state index contributed by atoms with van der Waals surface area (Å²) in [5.41, 5.74) is 2.55. The van der Waals surface area contributed by atoms with Gasteiger partial charge in [-0.15, -0.1) is 0 Å². The molecule has 0 aliphatic heterocycles. The van der Waals surface area contributed by atoms with Crippen LogP contribution in [0.3, 0.4) is 0 Å². The van der Waals surface area contributed by atoms with E-state index in [2.05, 4.69) is 24.9 Å². The summed E-state index contributed by atoms with van der Waals surface area (Å²) in [6, 6.07) is 4.09. The van der Waals surface area contributed by atoms with Crippen molar-refractivity contribution in [3.8, 4) is 0 Å². The molecule has 20 heavy (non-hydrogen) atoms. The van der Waals surface area contributed by atoms with E-state index in [4.69, 9.17) is 4.99 Å². The average Bonchev–Trinajstić information content (AvgIpc) is 2.49. The molecule has 2 nitrogen and oxygen atoms in total. The van der Waals surface area contributed by atoms with Gasteiger partial charge in [0.1, 0.15) is 0 Å². The van der Waals surface area contributed by atoms with Crippen molar-refractivity contribution in [3.05, 3.63) is 23.9 Å². The van der Waals surface area contributed by atoms with E-state index < -0.39 is 0 Å². The molecule has 1 aromatic rings. The van der Waals surface area contributed by atoms with Gasteiger partial charge in [-0.3, -0.25) is 0 Å². The molecule has 0 amide bonds. The Kier molecular flexibility index (Phi) is 6.23.